The highest BCUT2D eigenvalue weighted by atomic mass is 28.4. The van der Waals surface area contributed by atoms with E-state index in [1.165, 1.54) is 10.8 Å². The third-order valence-electron chi connectivity index (χ3n) is 6.66. The van der Waals surface area contributed by atoms with Gasteiger partial charge in [-0.1, -0.05) is 34.6 Å². The number of hydrogen-bond acceptors (Lipinski definition) is 7. The quantitative estimate of drug-likeness (QED) is 0.419. The summed E-state index contributed by atoms with van der Waals surface area (Å²) < 4.78 is 19.7. The lowest BCUT2D eigenvalue weighted by atomic mass is 9.99. The van der Waals surface area contributed by atoms with Crippen LogP contribution >= 0.6 is 0 Å². The molecule has 1 aliphatic heterocycles. The third kappa shape index (κ3) is 6.90. The zero-order valence-corrected chi connectivity index (χ0v) is 23.4. The Balaban J connectivity index is 2.30. The number of nitrogens with one attached hydrogen (secondary N) is 2. The first-order chi connectivity index (χ1) is 15.5. The van der Waals surface area contributed by atoms with Crippen molar-refractivity contribution >= 4 is 14.3 Å². The summed E-state index contributed by atoms with van der Waals surface area (Å²) in [6, 6.07) is 0. The maximum absolute atomic E-state index is 12.8. The van der Waals surface area contributed by atoms with Crippen molar-refractivity contribution in [3.63, 3.8) is 0 Å². The summed E-state index contributed by atoms with van der Waals surface area (Å²) in [7, 11) is -2.16. The van der Waals surface area contributed by atoms with Crippen LogP contribution in [-0.2, 0) is 25.2 Å². The van der Waals surface area contributed by atoms with Crippen molar-refractivity contribution in [3.05, 3.63) is 32.6 Å². The molecule has 1 aromatic rings. The normalized spacial score (nSPS) is 23.8. The molecule has 1 aliphatic rings. The Morgan fingerprint density at radius 3 is 2.35 bits per heavy atom. The van der Waals surface area contributed by atoms with E-state index in [1.807, 2.05) is 0 Å². The van der Waals surface area contributed by atoms with E-state index >= 15 is 0 Å². The average molecular weight is 498 g/mol. The van der Waals surface area contributed by atoms with Gasteiger partial charge < -0.3 is 19.2 Å². The molecule has 9 nitrogen and oxygen atoms in total. The van der Waals surface area contributed by atoms with Crippen LogP contribution in [0, 0.1) is 5.92 Å². The number of rotatable bonds is 8. The van der Waals surface area contributed by atoms with Gasteiger partial charge in [-0.3, -0.25) is 19.1 Å². The summed E-state index contributed by atoms with van der Waals surface area (Å²) in [4.78, 5) is 39.6. The molecule has 34 heavy (non-hydrogen) atoms. The minimum absolute atomic E-state index is 0.00568. The Labute approximate surface area is 203 Å². The lowest BCUT2D eigenvalue weighted by Gasteiger charge is -2.40. The predicted molar refractivity (Wildman–Crippen MR) is 134 cm³/mol. The molecule has 0 bridgehead atoms. The molecule has 2 N–H and O–H groups in total. The number of aromatic nitrogens is 2. The molecule has 1 unspecified atom stereocenters. The predicted octanol–water partition coefficient (Wildman–Crippen LogP) is 3.30. The van der Waals surface area contributed by atoms with Gasteiger partial charge in [-0.2, -0.15) is 0 Å². The highest BCUT2D eigenvalue weighted by Crippen LogP contribution is 2.43. The zero-order chi connectivity index (χ0) is 26.1. The fourth-order valence-corrected chi connectivity index (χ4v) is 5.11. The van der Waals surface area contributed by atoms with Gasteiger partial charge in [0.05, 0.1) is 18.8 Å². The van der Waals surface area contributed by atoms with Crippen LogP contribution in [0.2, 0.25) is 18.1 Å². The maximum Gasteiger partial charge on any atom is 0.330 e. The highest BCUT2D eigenvalue weighted by molar-refractivity contribution is 6.74. The van der Waals surface area contributed by atoms with Crippen molar-refractivity contribution in [1.82, 2.24) is 14.9 Å². The second-order valence-corrected chi connectivity index (χ2v) is 16.4. The van der Waals surface area contributed by atoms with Crippen LogP contribution in [0.25, 0.3) is 0 Å². The van der Waals surface area contributed by atoms with Crippen LogP contribution in [-0.4, -0.2) is 48.2 Å². The number of H-pyrrole nitrogens is 1. The first kappa shape index (κ1) is 28.5. The van der Waals surface area contributed by atoms with Crippen LogP contribution in [0.4, 0.5) is 0 Å². The fourth-order valence-electron chi connectivity index (χ4n) is 3.74. The summed E-state index contributed by atoms with van der Waals surface area (Å²) in [5.74, 6) is -0.337. The minimum atomic E-state index is -2.16. The van der Waals surface area contributed by atoms with Crippen LogP contribution in [0.3, 0.4) is 0 Å². The monoisotopic (exact) mass is 497 g/mol. The molecule has 0 aliphatic carbocycles. The fraction of sp³-hybridized carbons (Fsp3) is 0.792. The maximum atomic E-state index is 12.8. The highest BCUT2D eigenvalue weighted by Gasteiger charge is 2.48. The molecule has 2 heterocycles. The molecule has 1 fully saturated rings. The molecule has 0 amide bonds. The van der Waals surface area contributed by atoms with Gasteiger partial charge in [0.2, 0.25) is 0 Å². The number of aromatic amines is 1. The van der Waals surface area contributed by atoms with Gasteiger partial charge in [0.15, 0.2) is 14.5 Å². The summed E-state index contributed by atoms with van der Waals surface area (Å²) in [5.41, 5.74) is -1.31. The van der Waals surface area contributed by atoms with E-state index in [0.717, 1.165) is 6.42 Å². The minimum Gasteiger partial charge on any atom is -0.459 e. The SMILES string of the molecule is CC[C@H]1O[C@@H](n2cc(CNCC(=O)OC(C)(C)C)c(=O)[nH]c2=O)[C@@H](O[Si](C)(C)C(C)(C)C)C1C. The van der Waals surface area contributed by atoms with Crippen molar-refractivity contribution in [2.45, 2.75) is 111 Å². The van der Waals surface area contributed by atoms with Gasteiger partial charge >= 0.3 is 11.7 Å². The zero-order valence-electron chi connectivity index (χ0n) is 22.4. The average Bonchev–Trinajstić information content (AvgIpc) is 2.96. The lowest BCUT2D eigenvalue weighted by molar-refractivity contribution is -0.153. The summed E-state index contributed by atoms with van der Waals surface area (Å²) >= 11 is 0. The molecule has 0 spiro atoms. The Morgan fingerprint density at radius 1 is 1.21 bits per heavy atom. The summed E-state index contributed by atoms with van der Waals surface area (Å²) in [6.45, 7) is 20.4. The first-order valence-electron chi connectivity index (χ1n) is 12.1. The second-order valence-electron chi connectivity index (χ2n) is 11.7. The number of carbonyl (C=O) groups is 1. The smallest absolute Gasteiger partial charge is 0.330 e. The van der Waals surface area contributed by atoms with E-state index in [0.29, 0.717) is 5.56 Å². The van der Waals surface area contributed by atoms with E-state index in [4.69, 9.17) is 13.9 Å². The second kappa shape index (κ2) is 10.5. The van der Waals surface area contributed by atoms with E-state index in [-0.39, 0.29) is 36.3 Å². The number of nitrogens with zero attached hydrogens (tertiary/aromatic N) is 1. The van der Waals surface area contributed by atoms with Crippen molar-refractivity contribution in [2.24, 2.45) is 5.92 Å². The Morgan fingerprint density at radius 2 is 1.82 bits per heavy atom. The van der Waals surface area contributed by atoms with Crippen molar-refractivity contribution in [2.75, 3.05) is 6.54 Å². The third-order valence-corrected chi connectivity index (χ3v) is 11.1. The first-order valence-corrected chi connectivity index (χ1v) is 15.0. The van der Waals surface area contributed by atoms with Gasteiger partial charge in [0, 0.05) is 24.2 Å². The van der Waals surface area contributed by atoms with Crippen LogP contribution < -0.4 is 16.6 Å². The molecule has 4 atom stereocenters. The molecule has 0 saturated carbocycles. The molecule has 2 rings (SSSR count). The molecule has 194 valence electrons. The number of hydrogen-bond donors (Lipinski definition) is 2. The van der Waals surface area contributed by atoms with Crippen molar-refractivity contribution in [3.8, 4) is 0 Å². The van der Waals surface area contributed by atoms with Gasteiger partial charge in [0.1, 0.15) is 5.60 Å². The Hall–Kier alpha value is -1.75. The Kier molecular flexibility index (Phi) is 8.77. The lowest BCUT2D eigenvalue weighted by Crippen LogP contribution is -2.48. The largest absolute Gasteiger partial charge is 0.459 e. The van der Waals surface area contributed by atoms with Crippen LogP contribution in [0.15, 0.2) is 15.8 Å². The van der Waals surface area contributed by atoms with Gasteiger partial charge in [-0.25, -0.2) is 4.79 Å². The van der Waals surface area contributed by atoms with Crippen LogP contribution in [0.1, 0.15) is 73.6 Å². The van der Waals surface area contributed by atoms with Crippen molar-refractivity contribution < 1.29 is 18.7 Å². The number of carbonyl (C=O) groups excluding carboxylic acids is 1. The van der Waals surface area contributed by atoms with Gasteiger partial charge in [-0.05, 0) is 45.3 Å². The summed E-state index contributed by atoms with van der Waals surface area (Å²) in [6.07, 6.45) is 1.27. The molecular weight excluding hydrogens is 454 g/mol. The van der Waals surface area contributed by atoms with E-state index in [2.05, 4.69) is 58.0 Å². The van der Waals surface area contributed by atoms with E-state index in [9.17, 15) is 14.4 Å². The standard InChI is InChI=1S/C24H43N3O6Si/c1-11-17-15(2)19(33-34(9,10)24(6,7)8)21(31-17)27-14-16(20(29)26-22(27)30)12-25-13-18(28)32-23(3,4)5/h14-15,17,19,21,25H,11-13H2,1-10H3,(H,26,29,30)/t15?,17-,19+,21-/m1/s1. The number of ether oxygens (including phenoxy) is 2. The van der Waals surface area contributed by atoms with Crippen molar-refractivity contribution in [1.29, 1.82) is 0 Å². The van der Waals surface area contributed by atoms with E-state index < -0.39 is 37.4 Å². The van der Waals surface area contributed by atoms with E-state index in [1.54, 1.807) is 20.8 Å². The molecule has 0 aromatic carbocycles. The Bertz CT molecular complexity index is 973. The summed E-state index contributed by atoms with van der Waals surface area (Å²) in [5, 5.41) is 2.92. The number of esters is 1. The van der Waals surface area contributed by atoms with Gasteiger partial charge in [-0.15, -0.1) is 0 Å². The van der Waals surface area contributed by atoms with Crippen LogP contribution in [0.5, 0.6) is 0 Å². The van der Waals surface area contributed by atoms with Gasteiger partial charge in [0.25, 0.3) is 5.56 Å². The topological polar surface area (TPSA) is 112 Å². The molecule has 1 aromatic heterocycles. The molecule has 10 heteroatoms. The molecular formula is C24H43N3O6Si. The molecule has 0 radical (unpaired) electrons. The molecule has 1 saturated heterocycles.